The summed E-state index contributed by atoms with van der Waals surface area (Å²) in [6.45, 7) is 1.99. The summed E-state index contributed by atoms with van der Waals surface area (Å²) in [6.07, 6.45) is 0. The average molecular weight is 208 g/mol. The number of ether oxygens (including phenoxy) is 3. The maximum atomic E-state index is 10.0. The van der Waals surface area contributed by atoms with E-state index >= 15 is 0 Å². The second-order valence-electron chi connectivity index (χ2n) is 2.16. The maximum absolute atomic E-state index is 10.0. The predicted molar refractivity (Wildman–Crippen MR) is 48.0 cm³/mol. The van der Waals surface area contributed by atoms with Gasteiger partial charge in [-0.05, 0) is 0 Å². The minimum atomic E-state index is -0.933. The Morgan fingerprint density at radius 2 is 1.71 bits per heavy atom. The molecule has 0 aliphatic rings. The molecule has 0 rings (SSSR count). The van der Waals surface area contributed by atoms with Crippen molar-refractivity contribution in [1.29, 1.82) is 0 Å². The summed E-state index contributed by atoms with van der Waals surface area (Å²) in [4.78, 5) is 19.5. The molecule has 0 amide bonds. The highest BCUT2D eigenvalue weighted by Crippen LogP contribution is 1.74. The van der Waals surface area contributed by atoms with Gasteiger partial charge in [-0.3, -0.25) is 4.79 Å². The molecule has 0 radical (unpaired) electrons. The van der Waals surface area contributed by atoms with Gasteiger partial charge in [-0.2, -0.15) is 0 Å². The van der Waals surface area contributed by atoms with Crippen molar-refractivity contribution in [2.24, 2.45) is 0 Å². The summed E-state index contributed by atoms with van der Waals surface area (Å²) in [5, 5.41) is 7.79. The van der Waals surface area contributed by atoms with Crippen molar-refractivity contribution in [2.45, 2.75) is 6.92 Å². The number of rotatable bonds is 5. The molecule has 0 atom stereocenters. The van der Waals surface area contributed by atoms with Crippen molar-refractivity contribution in [1.82, 2.24) is 0 Å². The highest BCUT2D eigenvalue weighted by Gasteiger charge is 1.88. The summed E-state index contributed by atoms with van der Waals surface area (Å²) >= 11 is 0. The van der Waals surface area contributed by atoms with Crippen molar-refractivity contribution < 1.29 is 28.9 Å². The van der Waals surface area contributed by atoms with Crippen LogP contribution in [0, 0.1) is 0 Å². The first kappa shape index (κ1) is 15.3. The van der Waals surface area contributed by atoms with E-state index in [0.29, 0.717) is 13.2 Å². The molecule has 0 spiro atoms. The third kappa shape index (κ3) is 22.4. The highest BCUT2D eigenvalue weighted by molar-refractivity contribution is 5.67. The van der Waals surface area contributed by atoms with Gasteiger partial charge >= 0.3 is 11.9 Å². The van der Waals surface area contributed by atoms with Gasteiger partial charge in [-0.1, -0.05) is 0 Å². The van der Waals surface area contributed by atoms with Gasteiger partial charge in [0.2, 0.25) is 0 Å². The van der Waals surface area contributed by atoms with Gasteiger partial charge in [-0.15, -0.1) is 0 Å². The summed E-state index contributed by atoms with van der Waals surface area (Å²) in [6, 6.07) is 0. The van der Waals surface area contributed by atoms with Crippen LogP contribution in [0.25, 0.3) is 0 Å². The fraction of sp³-hybridized carbons (Fsp3) is 0.750. The molecule has 0 saturated carbocycles. The van der Waals surface area contributed by atoms with Crippen molar-refractivity contribution in [3.63, 3.8) is 0 Å². The Balaban J connectivity index is 0. The van der Waals surface area contributed by atoms with E-state index in [1.165, 1.54) is 14.0 Å². The number of carbonyl (C=O) groups is 2. The summed E-state index contributed by atoms with van der Waals surface area (Å²) in [5.74, 6) is -1.19. The molecule has 6 nitrogen and oxygen atoms in total. The summed E-state index contributed by atoms with van der Waals surface area (Å²) in [5.41, 5.74) is 0. The number of aliphatic carboxylic acids is 1. The molecule has 0 saturated heterocycles. The molecular weight excluding hydrogens is 192 g/mol. The van der Waals surface area contributed by atoms with Gasteiger partial charge in [0.25, 0.3) is 0 Å². The molecule has 0 bridgehead atoms. The number of methoxy groups -OCH3 is 2. The number of carboxylic acid groups (broad SMARTS) is 1. The van der Waals surface area contributed by atoms with E-state index in [9.17, 15) is 9.59 Å². The smallest absolute Gasteiger partial charge is 0.329 e. The van der Waals surface area contributed by atoms with E-state index in [4.69, 9.17) is 5.11 Å². The number of carbonyl (C=O) groups excluding carboxylic acids is 1. The first-order valence-electron chi connectivity index (χ1n) is 3.87. The zero-order chi connectivity index (χ0) is 11.4. The minimum Gasteiger partial charge on any atom is -0.480 e. The molecule has 0 aromatic rings. The predicted octanol–water partition coefficient (Wildman–Crippen LogP) is -0.0867. The van der Waals surface area contributed by atoms with Gasteiger partial charge in [0.1, 0.15) is 13.2 Å². The van der Waals surface area contributed by atoms with Crippen LogP contribution in [0.4, 0.5) is 0 Å². The lowest BCUT2D eigenvalue weighted by Crippen LogP contribution is -2.05. The Bertz CT molecular complexity index is 156. The van der Waals surface area contributed by atoms with Crippen LogP contribution in [0.5, 0.6) is 0 Å². The van der Waals surface area contributed by atoms with Crippen molar-refractivity contribution in [2.75, 3.05) is 34.0 Å². The van der Waals surface area contributed by atoms with Gasteiger partial charge in [0.15, 0.2) is 0 Å². The molecule has 0 unspecified atom stereocenters. The third-order valence-corrected chi connectivity index (χ3v) is 0.861. The van der Waals surface area contributed by atoms with Gasteiger partial charge < -0.3 is 19.3 Å². The monoisotopic (exact) mass is 208 g/mol. The Labute approximate surface area is 82.8 Å². The van der Waals surface area contributed by atoms with Crippen LogP contribution in [-0.2, 0) is 23.8 Å². The first-order valence-corrected chi connectivity index (χ1v) is 3.87. The number of hydrogen-bond acceptors (Lipinski definition) is 5. The van der Waals surface area contributed by atoms with Crippen molar-refractivity contribution >= 4 is 11.9 Å². The van der Waals surface area contributed by atoms with Crippen molar-refractivity contribution in [3.8, 4) is 0 Å². The molecule has 0 fully saturated rings. The molecule has 0 aromatic heterocycles. The number of esters is 1. The Morgan fingerprint density at radius 3 is 1.93 bits per heavy atom. The second kappa shape index (κ2) is 11.9. The number of hydrogen-bond donors (Lipinski definition) is 1. The van der Waals surface area contributed by atoms with E-state index < -0.39 is 5.97 Å². The van der Waals surface area contributed by atoms with E-state index in [2.05, 4.69) is 14.2 Å². The molecule has 1 N–H and O–H groups in total. The largest absolute Gasteiger partial charge is 0.480 e. The topological polar surface area (TPSA) is 82.1 Å². The van der Waals surface area contributed by atoms with Gasteiger partial charge in [0, 0.05) is 21.1 Å². The Morgan fingerprint density at radius 1 is 1.14 bits per heavy atom. The molecule has 84 valence electrons. The second-order valence-corrected chi connectivity index (χ2v) is 2.16. The molecule has 0 aromatic carbocycles. The maximum Gasteiger partial charge on any atom is 0.329 e. The van der Waals surface area contributed by atoms with Gasteiger partial charge in [0.05, 0.1) is 6.61 Å². The fourth-order valence-corrected chi connectivity index (χ4v) is 0.392. The van der Waals surface area contributed by atoms with Gasteiger partial charge in [-0.25, -0.2) is 4.79 Å². The Kier molecular flexibility index (Phi) is 13.0. The third-order valence-electron chi connectivity index (χ3n) is 0.861. The quantitative estimate of drug-likeness (QED) is 0.502. The van der Waals surface area contributed by atoms with Crippen LogP contribution in [0.15, 0.2) is 0 Å². The van der Waals surface area contributed by atoms with E-state index in [1.54, 1.807) is 7.11 Å². The minimum absolute atomic E-state index is 0.208. The number of carboxylic acids is 1. The lowest BCUT2D eigenvalue weighted by atomic mass is 10.7. The van der Waals surface area contributed by atoms with Crippen molar-refractivity contribution in [3.05, 3.63) is 0 Å². The first-order chi connectivity index (χ1) is 6.54. The lowest BCUT2D eigenvalue weighted by Gasteiger charge is -1.97. The summed E-state index contributed by atoms with van der Waals surface area (Å²) in [7, 11) is 2.90. The normalized spacial score (nSPS) is 8.50. The molecule has 0 heterocycles. The van der Waals surface area contributed by atoms with Crippen LogP contribution >= 0.6 is 0 Å². The van der Waals surface area contributed by atoms with Crippen LogP contribution in [0.1, 0.15) is 6.92 Å². The standard InChI is InChI=1S/C5H10O3.C3H6O3/c1-5(6)8-4-3-7-2;1-6-2-3(4)5/h3-4H2,1-2H3;2H2,1H3,(H,4,5). The van der Waals surface area contributed by atoms with Crippen LogP contribution < -0.4 is 0 Å². The molecular formula is C8H16O6. The van der Waals surface area contributed by atoms with E-state index in [1.807, 2.05) is 0 Å². The zero-order valence-corrected chi connectivity index (χ0v) is 8.61. The van der Waals surface area contributed by atoms with Crippen LogP contribution in [0.2, 0.25) is 0 Å². The highest BCUT2D eigenvalue weighted by atomic mass is 16.6. The zero-order valence-electron chi connectivity index (χ0n) is 8.61. The van der Waals surface area contributed by atoms with Crippen LogP contribution in [-0.4, -0.2) is 51.1 Å². The van der Waals surface area contributed by atoms with E-state index in [-0.39, 0.29) is 12.6 Å². The molecule has 0 aliphatic carbocycles. The molecule has 14 heavy (non-hydrogen) atoms. The van der Waals surface area contributed by atoms with Crippen LogP contribution in [0.3, 0.4) is 0 Å². The SMILES string of the molecule is COCC(=O)O.COCCOC(C)=O. The summed E-state index contributed by atoms with van der Waals surface area (Å²) < 4.78 is 13.3. The molecule has 6 heteroatoms. The fourth-order valence-electron chi connectivity index (χ4n) is 0.392. The lowest BCUT2D eigenvalue weighted by molar-refractivity contribution is -0.142. The van der Waals surface area contributed by atoms with E-state index in [0.717, 1.165) is 0 Å². The Hall–Kier alpha value is -1.14. The molecule has 0 aliphatic heterocycles. The average Bonchev–Trinajstić information content (AvgIpc) is 2.05.